The summed E-state index contributed by atoms with van der Waals surface area (Å²) in [5.41, 5.74) is 0. The zero-order valence-corrected chi connectivity index (χ0v) is 51.4. The van der Waals surface area contributed by atoms with Crippen LogP contribution in [-0.4, -0.2) is 37.2 Å². The van der Waals surface area contributed by atoms with Crippen LogP contribution in [0.15, 0.2) is 219 Å². The number of allylic oxidation sites excluding steroid dienone is 36. The molecule has 3 unspecified atom stereocenters. The molecule has 0 aliphatic heterocycles. The molecule has 81 heavy (non-hydrogen) atoms. The third kappa shape index (κ3) is 51.6. The van der Waals surface area contributed by atoms with E-state index in [0.717, 1.165) is 116 Å². The normalized spacial score (nSPS) is 14.9. The Kier molecular flexibility index (Phi) is 56.6. The van der Waals surface area contributed by atoms with Gasteiger partial charge in [0, 0.05) is 0 Å². The molecular weight excluding hydrogens is 997 g/mol. The number of hydrogen-bond donors (Lipinski definition) is 0. The number of carbonyl (C=O) groups is 3. The summed E-state index contributed by atoms with van der Waals surface area (Å²) >= 11 is 0. The van der Waals surface area contributed by atoms with Gasteiger partial charge in [-0.25, -0.2) is 0 Å². The Labute approximate surface area is 495 Å². The Morgan fingerprint density at radius 1 is 0.247 bits per heavy atom. The van der Waals surface area contributed by atoms with E-state index in [1.807, 2.05) is 39.0 Å². The fraction of sp³-hybridized carbons (Fsp3) is 0.480. The molecule has 0 fully saturated rings. The van der Waals surface area contributed by atoms with Crippen LogP contribution in [0.2, 0.25) is 0 Å². The highest BCUT2D eigenvalue weighted by atomic mass is 16.6. The van der Waals surface area contributed by atoms with Crippen molar-refractivity contribution in [2.45, 2.75) is 202 Å². The molecule has 0 amide bonds. The van der Waals surface area contributed by atoms with Gasteiger partial charge in [0.25, 0.3) is 0 Å². The second-order valence-electron chi connectivity index (χ2n) is 19.6. The highest BCUT2D eigenvalue weighted by molar-refractivity contribution is 5.74. The molecule has 6 nitrogen and oxygen atoms in total. The van der Waals surface area contributed by atoms with E-state index >= 15 is 0 Å². The van der Waals surface area contributed by atoms with E-state index in [0.29, 0.717) is 38.5 Å². The van der Waals surface area contributed by atoms with Gasteiger partial charge in [-0.1, -0.05) is 260 Å². The summed E-state index contributed by atoms with van der Waals surface area (Å²) in [5.74, 6) is -2.22. The summed E-state index contributed by atoms with van der Waals surface area (Å²) < 4.78 is 17.6. The van der Waals surface area contributed by atoms with E-state index in [4.69, 9.17) is 14.2 Å². The lowest BCUT2D eigenvalue weighted by Crippen LogP contribution is -2.34. The Balaban J connectivity index is 5.36. The zero-order chi connectivity index (χ0) is 59.0. The molecule has 0 aliphatic carbocycles. The minimum atomic E-state index is -0.934. The highest BCUT2D eigenvalue weighted by Gasteiger charge is 2.27. The van der Waals surface area contributed by atoms with E-state index in [2.05, 4.69) is 221 Å². The maximum atomic E-state index is 13.6. The van der Waals surface area contributed by atoms with E-state index in [1.165, 1.54) is 0 Å². The second-order valence-corrected chi connectivity index (χ2v) is 19.6. The summed E-state index contributed by atoms with van der Waals surface area (Å²) in [5, 5.41) is 0. The molecule has 0 spiro atoms. The molecule has 0 N–H and O–H groups in total. The van der Waals surface area contributed by atoms with Gasteiger partial charge < -0.3 is 14.2 Å². The van der Waals surface area contributed by atoms with Crippen molar-refractivity contribution in [3.63, 3.8) is 0 Å². The number of ether oxygens (including phenoxy) is 3. The average molecular weight is 1110 g/mol. The molecule has 3 atom stereocenters. The van der Waals surface area contributed by atoms with Gasteiger partial charge in [-0.15, -0.1) is 0 Å². The Morgan fingerprint density at radius 2 is 0.420 bits per heavy atom. The molecule has 0 saturated carbocycles. The highest BCUT2D eigenvalue weighted by Crippen LogP contribution is 2.18. The molecule has 0 aromatic rings. The number of carbonyl (C=O) groups excluding carboxylic acids is 3. The molecule has 0 radical (unpaired) electrons. The van der Waals surface area contributed by atoms with Crippen LogP contribution in [0.25, 0.3) is 0 Å². The van der Waals surface area contributed by atoms with Crippen LogP contribution < -0.4 is 0 Å². The first-order valence-corrected chi connectivity index (χ1v) is 31.1. The van der Waals surface area contributed by atoms with Crippen molar-refractivity contribution in [2.24, 2.45) is 17.8 Å². The third-order valence-electron chi connectivity index (χ3n) is 12.6. The zero-order valence-electron chi connectivity index (χ0n) is 51.4. The van der Waals surface area contributed by atoms with E-state index < -0.39 is 18.0 Å². The maximum Gasteiger partial charge on any atom is 0.309 e. The van der Waals surface area contributed by atoms with Crippen molar-refractivity contribution in [3.05, 3.63) is 219 Å². The quantitative estimate of drug-likeness (QED) is 0.0343. The average Bonchev–Trinajstić information content (AvgIpc) is 3.47. The SMILES string of the molecule is CC/C=C\C/C=C\C/C=C\C/C=C\C/C=C\C/C=C\CC(CC)C(=O)OCC(COC(=O)C(CC)C/C=C\C/C=C\C/C=C\C/C=C\C/C=C\C/C=C\CC)OC(=O)C(CC)C/C=C\C/C=C\C/C=C\C/C=C\C/C=C\C/C=C\CC. The Hall–Kier alpha value is -6.27. The van der Waals surface area contributed by atoms with Crippen molar-refractivity contribution in [1.82, 2.24) is 0 Å². The Bertz CT molecular complexity index is 2000. The lowest BCUT2D eigenvalue weighted by molar-refractivity contribution is -0.172. The minimum Gasteiger partial charge on any atom is -0.461 e. The maximum absolute atomic E-state index is 13.6. The molecule has 0 aromatic carbocycles. The number of hydrogen-bond acceptors (Lipinski definition) is 6. The lowest BCUT2D eigenvalue weighted by Gasteiger charge is -2.22. The van der Waals surface area contributed by atoms with Gasteiger partial charge in [0.15, 0.2) is 6.10 Å². The first-order chi connectivity index (χ1) is 39.9. The van der Waals surface area contributed by atoms with E-state index in [1.54, 1.807) is 0 Å². The molecule has 6 heteroatoms. The third-order valence-corrected chi connectivity index (χ3v) is 12.6. The van der Waals surface area contributed by atoms with E-state index in [-0.39, 0.29) is 37.0 Å². The van der Waals surface area contributed by atoms with Crippen LogP contribution in [-0.2, 0) is 28.6 Å². The molecule has 0 heterocycles. The monoisotopic (exact) mass is 1110 g/mol. The largest absolute Gasteiger partial charge is 0.461 e. The van der Waals surface area contributed by atoms with Crippen molar-refractivity contribution in [1.29, 1.82) is 0 Å². The molecular formula is C75H110O6. The van der Waals surface area contributed by atoms with Crippen molar-refractivity contribution in [2.75, 3.05) is 13.2 Å². The minimum absolute atomic E-state index is 0.196. The number of rotatable bonds is 50. The van der Waals surface area contributed by atoms with Crippen molar-refractivity contribution in [3.8, 4) is 0 Å². The van der Waals surface area contributed by atoms with Gasteiger partial charge in [0.05, 0.1) is 17.8 Å². The van der Waals surface area contributed by atoms with Crippen LogP contribution in [0.1, 0.15) is 196 Å². The molecule has 0 aromatic heterocycles. The first-order valence-electron chi connectivity index (χ1n) is 31.1. The predicted octanol–water partition coefficient (Wildman–Crippen LogP) is 21.3. The van der Waals surface area contributed by atoms with Crippen LogP contribution >= 0.6 is 0 Å². The first kappa shape index (κ1) is 74.7. The van der Waals surface area contributed by atoms with E-state index in [9.17, 15) is 14.4 Å². The molecule has 446 valence electrons. The lowest BCUT2D eigenvalue weighted by atomic mass is 10.0. The van der Waals surface area contributed by atoms with Crippen molar-refractivity contribution >= 4 is 17.9 Å². The van der Waals surface area contributed by atoms with Gasteiger partial charge in [0.1, 0.15) is 13.2 Å². The van der Waals surface area contributed by atoms with Crippen LogP contribution in [0.3, 0.4) is 0 Å². The van der Waals surface area contributed by atoms with Gasteiger partial charge in [0.2, 0.25) is 0 Å². The fourth-order valence-electron chi connectivity index (χ4n) is 7.60. The molecule has 0 aliphatic rings. The summed E-state index contributed by atoms with van der Waals surface area (Å²) in [6, 6.07) is 0. The van der Waals surface area contributed by atoms with Crippen LogP contribution in [0.4, 0.5) is 0 Å². The summed E-state index contributed by atoms with van der Waals surface area (Å²) in [7, 11) is 0. The number of esters is 3. The van der Waals surface area contributed by atoms with Crippen LogP contribution in [0, 0.1) is 17.8 Å². The van der Waals surface area contributed by atoms with Crippen molar-refractivity contribution < 1.29 is 28.6 Å². The molecule has 0 bridgehead atoms. The van der Waals surface area contributed by atoms with Gasteiger partial charge in [-0.05, 0) is 154 Å². The molecule has 0 saturated heterocycles. The predicted molar refractivity (Wildman–Crippen MR) is 352 cm³/mol. The second kappa shape index (κ2) is 61.4. The summed E-state index contributed by atoms with van der Waals surface area (Å²) in [4.78, 5) is 40.5. The molecule has 0 rings (SSSR count). The van der Waals surface area contributed by atoms with Gasteiger partial charge in [-0.2, -0.15) is 0 Å². The standard InChI is InChI=1S/C75H110O6/c1-7-13-16-19-22-25-28-31-34-37-40-43-46-49-52-55-58-61-64-69(10-4)73(76)79-67-72(81-75(78)71(12-6)66-63-60-57-54-51-48-45-42-39-36-33-30-27-24-21-18-15-9-3)68-80-74(77)70(11-5)65-62-59-56-53-50-47-44-41-38-35-32-29-26-23-20-17-14-8-2/h13-18,22-27,31-36,40-45,49-54,58-63,69-72H,7-12,19-21,28-30,37-39,46-48,55-57,64-68H2,1-6H3/b16-13-,17-14-,18-15-,25-22-,26-23-,27-24-,34-31-,35-32-,36-33-,43-40-,44-41-,45-42-,52-49-,53-50-,54-51-,61-58-,62-59-,63-60-. The summed E-state index contributed by atoms with van der Waals surface area (Å²) in [6.45, 7) is 11.9. The topological polar surface area (TPSA) is 78.9 Å². The van der Waals surface area contributed by atoms with Gasteiger partial charge >= 0.3 is 17.9 Å². The van der Waals surface area contributed by atoms with Gasteiger partial charge in [-0.3, -0.25) is 14.4 Å². The smallest absolute Gasteiger partial charge is 0.309 e. The van der Waals surface area contributed by atoms with Crippen LogP contribution in [0.5, 0.6) is 0 Å². The summed E-state index contributed by atoms with van der Waals surface area (Å²) in [6.07, 6.45) is 97.0. The fourth-order valence-corrected chi connectivity index (χ4v) is 7.60. The Morgan fingerprint density at radius 3 is 0.605 bits per heavy atom.